The molecule has 128 valence electrons. The molecule has 0 unspecified atom stereocenters. The number of hydrogen-bond donors (Lipinski definition) is 2. The number of halogens is 1. The molecule has 0 fully saturated rings. The highest BCUT2D eigenvalue weighted by molar-refractivity contribution is 5.79. The molecule has 6 heteroatoms. The van der Waals surface area contributed by atoms with Gasteiger partial charge in [0.1, 0.15) is 11.6 Å². The van der Waals surface area contributed by atoms with Gasteiger partial charge in [0, 0.05) is 38.4 Å². The summed E-state index contributed by atoms with van der Waals surface area (Å²) in [6, 6.07) is 11.9. The van der Waals surface area contributed by atoms with Crippen molar-refractivity contribution in [3.8, 4) is 5.75 Å². The number of pyridine rings is 1. The van der Waals surface area contributed by atoms with Crippen molar-refractivity contribution in [3.63, 3.8) is 0 Å². The number of ether oxygens (including phenoxy) is 1. The monoisotopic (exact) mass is 330 g/mol. The molecule has 24 heavy (non-hydrogen) atoms. The van der Waals surface area contributed by atoms with E-state index in [4.69, 9.17) is 4.74 Å². The van der Waals surface area contributed by atoms with Crippen molar-refractivity contribution in [1.82, 2.24) is 15.6 Å². The molecule has 0 radical (unpaired) electrons. The van der Waals surface area contributed by atoms with Gasteiger partial charge in [-0.3, -0.25) is 9.98 Å². The van der Waals surface area contributed by atoms with Crippen LogP contribution in [0.15, 0.2) is 53.7 Å². The molecule has 0 saturated carbocycles. The van der Waals surface area contributed by atoms with Gasteiger partial charge in [0.2, 0.25) is 0 Å². The molecular formula is C18H23FN4O. The third-order valence-corrected chi connectivity index (χ3v) is 3.32. The molecule has 2 rings (SSSR count). The average Bonchev–Trinajstić information content (AvgIpc) is 2.62. The number of nitrogens with one attached hydrogen (secondary N) is 2. The average molecular weight is 330 g/mol. The van der Waals surface area contributed by atoms with Crippen LogP contribution in [-0.4, -0.2) is 37.7 Å². The van der Waals surface area contributed by atoms with Crippen molar-refractivity contribution in [2.45, 2.75) is 12.8 Å². The van der Waals surface area contributed by atoms with Gasteiger partial charge >= 0.3 is 0 Å². The van der Waals surface area contributed by atoms with Crippen molar-refractivity contribution in [3.05, 3.63) is 60.2 Å². The molecule has 0 saturated heterocycles. The van der Waals surface area contributed by atoms with Gasteiger partial charge in [0.25, 0.3) is 0 Å². The first-order valence-corrected chi connectivity index (χ1v) is 8.01. The Bertz CT molecular complexity index is 617. The molecule has 1 heterocycles. The van der Waals surface area contributed by atoms with E-state index >= 15 is 0 Å². The van der Waals surface area contributed by atoms with Crippen molar-refractivity contribution in [2.24, 2.45) is 4.99 Å². The molecule has 0 atom stereocenters. The highest BCUT2D eigenvalue weighted by Crippen LogP contribution is 2.10. The van der Waals surface area contributed by atoms with E-state index in [0.717, 1.165) is 37.6 Å². The van der Waals surface area contributed by atoms with Crippen LogP contribution in [0.4, 0.5) is 4.39 Å². The van der Waals surface area contributed by atoms with Gasteiger partial charge in [0.15, 0.2) is 5.96 Å². The molecule has 2 aromatic rings. The Kier molecular flexibility index (Phi) is 7.53. The van der Waals surface area contributed by atoms with Crippen molar-refractivity contribution in [2.75, 3.05) is 26.7 Å². The highest BCUT2D eigenvalue weighted by atomic mass is 19.1. The predicted octanol–water partition coefficient (Wildman–Crippen LogP) is 2.40. The Morgan fingerprint density at radius 3 is 2.62 bits per heavy atom. The Morgan fingerprint density at radius 2 is 1.92 bits per heavy atom. The van der Waals surface area contributed by atoms with Crippen LogP contribution in [0, 0.1) is 5.82 Å². The Labute approximate surface area is 142 Å². The lowest BCUT2D eigenvalue weighted by Gasteiger charge is -2.12. The summed E-state index contributed by atoms with van der Waals surface area (Å²) in [5, 5.41) is 6.48. The zero-order valence-corrected chi connectivity index (χ0v) is 13.8. The van der Waals surface area contributed by atoms with Crippen LogP contribution in [0.2, 0.25) is 0 Å². The van der Waals surface area contributed by atoms with Gasteiger partial charge in [-0.15, -0.1) is 0 Å². The second kappa shape index (κ2) is 10.2. The number of benzene rings is 1. The minimum atomic E-state index is -0.260. The van der Waals surface area contributed by atoms with Crippen molar-refractivity contribution in [1.29, 1.82) is 0 Å². The molecule has 2 N–H and O–H groups in total. The minimum absolute atomic E-state index is 0.260. The lowest BCUT2D eigenvalue weighted by Crippen LogP contribution is -2.39. The molecule has 5 nitrogen and oxygen atoms in total. The topological polar surface area (TPSA) is 58.5 Å². The largest absolute Gasteiger partial charge is 0.494 e. The summed E-state index contributed by atoms with van der Waals surface area (Å²) >= 11 is 0. The summed E-state index contributed by atoms with van der Waals surface area (Å²) < 4.78 is 18.3. The van der Waals surface area contributed by atoms with Crippen LogP contribution in [0.1, 0.15) is 12.1 Å². The molecule has 0 aliphatic heterocycles. The summed E-state index contributed by atoms with van der Waals surface area (Å²) in [5.74, 6) is 1.17. The number of aliphatic imine (C=N–C) groups is 1. The van der Waals surface area contributed by atoms with Gasteiger partial charge in [-0.05, 0) is 42.8 Å². The van der Waals surface area contributed by atoms with E-state index in [-0.39, 0.29) is 5.82 Å². The third kappa shape index (κ3) is 6.64. The first kappa shape index (κ1) is 17.7. The van der Waals surface area contributed by atoms with Crippen LogP contribution in [0.3, 0.4) is 0 Å². The van der Waals surface area contributed by atoms with E-state index in [0.29, 0.717) is 12.4 Å². The maximum atomic E-state index is 12.8. The first-order valence-electron chi connectivity index (χ1n) is 8.01. The number of guanidine groups is 1. The van der Waals surface area contributed by atoms with Crippen molar-refractivity contribution >= 4 is 5.96 Å². The zero-order valence-electron chi connectivity index (χ0n) is 13.8. The Morgan fingerprint density at radius 1 is 1.12 bits per heavy atom. The maximum absolute atomic E-state index is 12.8. The maximum Gasteiger partial charge on any atom is 0.190 e. The number of aromatic nitrogens is 1. The van der Waals surface area contributed by atoms with E-state index in [1.54, 1.807) is 25.4 Å². The zero-order chi connectivity index (χ0) is 17.0. The van der Waals surface area contributed by atoms with E-state index < -0.39 is 0 Å². The molecule has 0 amide bonds. The van der Waals surface area contributed by atoms with Gasteiger partial charge in [0.05, 0.1) is 6.61 Å². The molecule has 0 bridgehead atoms. The lowest BCUT2D eigenvalue weighted by atomic mass is 10.3. The summed E-state index contributed by atoms with van der Waals surface area (Å²) in [5.41, 5.74) is 1.05. The number of rotatable bonds is 8. The highest BCUT2D eigenvalue weighted by Gasteiger charge is 1.99. The predicted molar refractivity (Wildman–Crippen MR) is 93.8 cm³/mol. The van der Waals surface area contributed by atoms with E-state index in [2.05, 4.69) is 20.6 Å². The smallest absolute Gasteiger partial charge is 0.190 e. The van der Waals surface area contributed by atoms with Crippen LogP contribution < -0.4 is 15.4 Å². The van der Waals surface area contributed by atoms with Crippen LogP contribution in [0.25, 0.3) is 0 Å². The molecule has 0 spiro atoms. The minimum Gasteiger partial charge on any atom is -0.494 e. The van der Waals surface area contributed by atoms with Gasteiger partial charge in [-0.2, -0.15) is 0 Å². The fourth-order valence-corrected chi connectivity index (χ4v) is 2.08. The van der Waals surface area contributed by atoms with E-state index in [1.807, 2.05) is 18.2 Å². The third-order valence-electron chi connectivity index (χ3n) is 3.32. The van der Waals surface area contributed by atoms with Crippen LogP contribution in [-0.2, 0) is 6.42 Å². The van der Waals surface area contributed by atoms with Gasteiger partial charge in [-0.1, -0.05) is 6.07 Å². The fraction of sp³-hybridized carbons (Fsp3) is 0.333. The summed E-state index contributed by atoms with van der Waals surface area (Å²) in [6.07, 6.45) is 3.46. The second-order valence-electron chi connectivity index (χ2n) is 5.15. The van der Waals surface area contributed by atoms with Crippen molar-refractivity contribution < 1.29 is 9.13 Å². The van der Waals surface area contributed by atoms with Gasteiger partial charge < -0.3 is 15.4 Å². The lowest BCUT2D eigenvalue weighted by molar-refractivity contribution is 0.310. The first-order chi connectivity index (χ1) is 11.8. The molecule has 0 aliphatic rings. The van der Waals surface area contributed by atoms with Gasteiger partial charge in [-0.25, -0.2) is 4.39 Å². The molecular weight excluding hydrogens is 307 g/mol. The standard InChI is InChI=1S/C18H23FN4O/c1-20-18(23-13-10-16-5-2-3-11-21-16)22-12-4-14-24-17-8-6-15(19)7-9-17/h2-3,5-9,11H,4,10,12-14H2,1H3,(H2,20,22,23). The second-order valence-corrected chi connectivity index (χ2v) is 5.15. The van der Waals surface area contributed by atoms with Crippen LogP contribution in [0.5, 0.6) is 5.75 Å². The van der Waals surface area contributed by atoms with Crippen LogP contribution >= 0.6 is 0 Å². The molecule has 0 aliphatic carbocycles. The summed E-state index contributed by atoms with van der Waals surface area (Å²) in [4.78, 5) is 8.46. The number of hydrogen-bond acceptors (Lipinski definition) is 3. The normalized spacial score (nSPS) is 11.2. The fourth-order valence-electron chi connectivity index (χ4n) is 2.08. The summed E-state index contributed by atoms with van der Waals surface area (Å²) in [6.45, 7) is 2.07. The molecule has 1 aromatic carbocycles. The quantitative estimate of drug-likeness (QED) is 0.443. The SMILES string of the molecule is CN=C(NCCCOc1ccc(F)cc1)NCCc1ccccn1. The number of nitrogens with zero attached hydrogens (tertiary/aromatic N) is 2. The van der Waals surface area contributed by atoms with E-state index in [9.17, 15) is 4.39 Å². The Balaban J connectivity index is 1.57. The Hall–Kier alpha value is -2.63. The summed E-state index contributed by atoms with van der Waals surface area (Å²) in [7, 11) is 1.74. The molecule has 1 aromatic heterocycles. The van der Waals surface area contributed by atoms with E-state index in [1.165, 1.54) is 12.1 Å².